The molecule has 6 heteroatoms. The molecule has 0 aliphatic carbocycles. The van der Waals surface area contributed by atoms with Crippen molar-refractivity contribution in [2.24, 2.45) is 5.92 Å². The quantitative estimate of drug-likeness (QED) is 0.689. The molecule has 1 aromatic carbocycles. The van der Waals surface area contributed by atoms with Gasteiger partial charge in [0, 0.05) is 31.9 Å². The maximum Gasteiger partial charge on any atom is 0.228 e. The highest BCUT2D eigenvalue weighted by molar-refractivity contribution is 5.34. The van der Waals surface area contributed by atoms with Gasteiger partial charge in [0.05, 0.1) is 0 Å². The minimum atomic E-state index is -0.283. The van der Waals surface area contributed by atoms with Crippen molar-refractivity contribution < 1.29 is 9.13 Å². The lowest BCUT2D eigenvalue weighted by molar-refractivity contribution is 0.245. The molecule has 5 nitrogen and oxygen atoms in total. The largest absolute Gasteiger partial charge is 0.439 e. The smallest absolute Gasteiger partial charge is 0.228 e. The Balaban J connectivity index is 1.53. The van der Waals surface area contributed by atoms with E-state index in [1.165, 1.54) is 38.1 Å². The molecule has 27 heavy (non-hydrogen) atoms. The van der Waals surface area contributed by atoms with E-state index in [1.54, 1.807) is 24.4 Å². The van der Waals surface area contributed by atoms with Crippen LogP contribution in [0.4, 0.5) is 10.3 Å². The second-order valence-corrected chi connectivity index (χ2v) is 7.30. The summed E-state index contributed by atoms with van der Waals surface area (Å²) in [5, 5.41) is 0. The summed E-state index contributed by atoms with van der Waals surface area (Å²) in [6.07, 6.45) is 6.54. The summed E-state index contributed by atoms with van der Waals surface area (Å²) in [6.45, 7) is 6.52. The Kier molecular flexibility index (Phi) is 6.98. The number of ether oxygens (including phenoxy) is 1. The average Bonchev–Trinajstić information content (AvgIpc) is 2.69. The first-order chi connectivity index (χ1) is 13.1. The van der Waals surface area contributed by atoms with Crippen molar-refractivity contribution in [3.8, 4) is 11.6 Å². The fraction of sp³-hybridized carbons (Fsp3) is 0.524. The molecule has 1 aromatic heterocycles. The molecule has 0 N–H and O–H groups in total. The Labute approximate surface area is 161 Å². The van der Waals surface area contributed by atoms with Crippen molar-refractivity contribution in [2.75, 3.05) is 38.1 Å². The van der Waals surface area contributed by atoms with E-state index in [2.05, 4.69) is 33.7 Å². The normalized spacial score (nSPS) is 15.3. The number of nitrogens with zero attached hydrogens (tertiary/aromatic N) is 4. The van der Waals surface area contributed by atoms with E-state index in [-0.39, 0.29) is 5.82 Å². The summed E-state index contributed by atoms with van der Waals surface area (Å²) in [7, 11) is 2.22. The molecule has 2 aromatic rings. The number of anilines is 1. The van der Waals surface area contributed by atoms with Crippen molar-refractivity contribution in [3.63, 3.8) is 0 Å². The summed E-state index contributed by atoms with van der Waals surface area (Å²) in [6, 6.07) is 7.66. The summed E-state index contributed by atoms with van der Waals surface area (Å²) in [4.78, 5) is 13.6. The number of unbranched alkanes of at least 4 members (excludes halogenated alkanes) is 1. The standard InChI is InChI=1S/C21H29FN4O/c1-3-4-13-25(2)16-17-10-14-26(15-11-17)21-23-12-9-20(24-21)27-19-7-5-18(22)6-8-19/h5-9,12,17H,3-4,10-11,13-16H2,1-2H3. The molecule has 3 rings (SSSR count). The van der Waals surface area contributed by atoms with Gasteiger partial charge in [0.2, 0.25) is 11.8 Å². The van der Waals surface area contributed by atoms with Crippen LogP contribution in [-0.2, 0) is 0 Å². The molecule has 1 aliphatic heterocycles. The van der Waals surface area contributed by atoms with Crippen LogP contribution in [-0.4, -0.2) is 48.1 Å². The van der Waals surface area contributed by atoms with Crippen molar-refractivity contribution in [1.82, 2.24) is 14.9 Å². The lowest BCUT2D eigenvalue weighted by Gasteiger charge is -2.34. The molecular formula is C21H29FN4O. The summed E-state index contributed by atoms with van der Waals surface area (Å²) in [5.74, 6) is 2.20. The first kappa shape index (κ1) is 19.5. The van der Waals surface area contributed by atoms with Crippen LogP contribution in [0.5, 0.6) is 11.6 Å². The predicted molar refractivity (Wildman–Crippen MR) is 106 cm³/mol. The first-order valence-corrected chi connectivity index (χ1v) is 9.84. The van der Waals surface area contributed by atoms with E-state index in [1.807, 2.05) is 0 Å². The Hall–Kier alpha value is -2.21. The SMILES string of the molecule is CCCCN(C)CC1CCN(c2nccc(Oc3ccc(F)cc3)n2)CC1. The molecule has 1 saturated heterocycles. The number of aromatic nitrogens is 2. The molecule has 0 saturated carbocycles. The van der Waals surface area contributed by atoms with Crippen molar-refractivity contribution in [3.05, 3.63) is 42.3 Å². The number of rotatable bonds is 8. The minimum absolute atomic E-state index is 0.283. The van der Waals surface area contributed by atoms with Crippen LogP contribution in [0, 0.1) is 11.7 Å². The maximum absolute atomic E-state index is 13.0. The molecule has 0 amide bonds. The number of benzene rings is 1. The predicted octanol–water partition coefficient (Wildman–Crippen LogP) is 4.36. The third-order valence-corrected chi connectivity index (χ3v) is 5.01. The van der Waals surface area contributed by atoms with Crippen LogP contribution < -0.4 is 9.64 Å². The molecule has 0 radical (unpaired) electrons. The van der Waals surface area contributed by atoms with Gasteiger partial charge in [0.15, 0.2) is 0 Å². The van der Waals surface area contributed by atoms with Gasteiger partial charge in [-0.1, -0.05) is 13.3 Å². The summed E-state index contributed by atoms with van der Waals surface area (Å²) >= 11 is 0. The van der Waals surface area contributed by atoms with Crippen molar-refractivity contribution in [2.45, 2.75) is 32.6 Å². The highest BCUT2D eigenvalue weighted by Gasteiger charge is 2.22. The van der Waals surface area contributed by atoms with Gasteiger partial charge in [-0.2, -0.15) is 4.98 Å². The van der Waals surface area contributed by atoms with Crippen LogP contribution in [0.15, 0.2) is 36.5 Å². The minimum Gasteiger partial charge on any atom is -0.439 e. The lowest BCUT2D eigenvalue weighted by Crippen LogP contribution is -2.38. The fourth-order valence-corrected chi connectivity index (χ4v) is 3.44. The summed E-state index contributed by atoms with van der Waals surface area (Å²) < 4.78 is 18.7. The van der Waals surface area contributed by atoms with E-state index in [4.69, 9.17) is 4.74 Å². The molecule has 1 fully saturated rings. The van der Waals surface area contributed by atoms with Crippen LogP contribution in [0.2, 0.25) is 0 Å². The van der Waals surface area contributed by atoms with Gasteiger partial charge in [-0.3, -0.25) is 0 Å². The Morgan fingerprint density at radius 3 is 2.63 bits per heavy atom. The van der Waals surface area contributed by atoms with Crippen molar-refractivity contribution >= 4 is 5.95 Å². The molecule has 1 aliphatic rings. The Bertz CT molecular complexity index is 702. The van der Waals surface area contributed by atoms with Crippen LogP contribution in [0.25, 0.3) is 0 Å². The van der Waals surface area contributed by atoms with E-state index >= 15 is 0 Å². The molecule has 2 heterocycles. The maximum atomic E-state index is 13.0. The zero-order chi connectivity index (χ0) is 19.1. The fourth-order valence-electron chi connectivity index (χ4n) is 3.44. The zero-order valence-electron chi connectivity index (χ0n) is 16.3. The highest BCUT2D eigenvalue weighted by atomic mass is 19.1. The molecule has 146 valence electrons. The van der Waals surface area contributed by atoms with Gasteiger partial charge >= 0.3 is 0 Å². The second-order valence-electron chi connectivity index (χ2n) is 7.30. The lowest BCUT2D eigenvalue weighted by atomic mass is 9.96. The Morgan fingerprint density at radius 2 is 1.93 bits per heavy atom. The van der Waals surface area contributed by atoms with Gasteiger partial charge in [0.25, 0.3) is 0 Å². The van der Waals surface area contributed by atoms with E-state index < -0.39 is 0 Å². The molecule has 0 bridgehead atoms. The topological polar surface area (TPSA) is 41.5 Å². The molecular weight excluding hydrogens is 343 g/mol. The average molecular weight is 372 g/mol. The van der Waals surface area contributed by atoms with Crippen LogP contribution in [0.3, 0.4) is 0 Å². The molecule has 0 unspecified atom stereocenters. The third kappa shape index (κ3) is 5.89. The summed E-state index contributed by atoms with van der Waals surface area (Å²) in [5.41, 5.74) is 0. The third-order valence-electron chi connectivity index (χ3n) is 5.01. The van der Waals surface area contributed by atoms with Crippen LogP contribution in [0.1, 0.15) is 32.6 Å². The second kappa shape index (κ2) is 9.65. The van der Waals surface area contributed by atoms with Crippen LogP contribution >= 0.6 is 0 Å². The number of hydrogen-bond donors (Lipinski definition) is 0. The van der Waals surface area contributed by atoms with Gasteiger partial charge in [-0.25, -0.2) is 9.37 Å². The zero-order valence-corrected chi connectivity index (χ0v) is 16.3. The van der Waals surface area contributed by atoms with Crippen molar-refractivity contribution in [1.29, 1.82) is 0 Å². The van der Waals surface area contributed by atoms with Gasteiger partial charge < -0.3 is 14.5 Å². The highest BCUT2D eigenvalue weighted by Crippen LogP contribution is 2.24. The Morgan fingerprint density at radius 1 is 1.19 bits per heavy atom. The van der Waals surface area contributed by atoms with Gasteiger partial charge in [0.1, 0.15) is 11.6 Å². The monoisotopic (exact) mass is 372 g/mol. The van der Waals surface area contributed by atoms with E-state index in [9.17, 15) is 4.39 Å². The first-order valence-electron chi connectivity index (χ1n) is 9.84. The van der Waals surface area contributed by atoms with Gasteiger partial charge in [-0.15, -0.1) is 0 Å². The molecule has 0 spiro atoms. The number of hydrogen-bond acceptors (Lipinski definition) is 5. The van der Waals surface area contributed by atoms with E-state index in [0.717, 1.165) is 31.8 Å². The van der Waals surface area contributed by atoms with Gasteiger partial charge in [-0.05, 0) is 63.0 Å². The molecule has 0 atom stereocenters. The number of piperidine rings is 1. The van der Waals surface area contributed by atoms with E-state index in [0.29, 0.717) is 17.6 Å². The number of halogens is 1.